The van der Waals surface area contributed by atoms with E-state index >= 15 is 0 Å². The number of phenols is 2. The Morgan fingerprint density at radius 3 is 2.44 bits per heavy atom. The molecule has 18 heavy (non-hydrogen) atoms. The molecule has 0 saturated heterocycles. The van der Waals surface area contributed by atoms with Crippen molar-refractivity contribution in [1.82, 2.24) is 5.32 Å². The molecule has 3 N–H and O–H groups in total. The number of carbonyl (C=O) groups excluding carboxylic acids is 1. The van der Waals surface area contributed by atoms with Gasteiger partial charge >= 0.3 is 0 Å². The van der Waals surface area contributed by atoms with Crippen LogP contribution in [-0.4, -0.2) is 35.9 Å². The molecule has 0 spiro atoms. The van der Waals surface area contributed by atoms with Crippen LogP contribution in [0.4, 0.5) is 0 Å². The van der Waals surface area contributed by atoms with Gasteiger partial charge in [0.1, 0.15) is 11.5 Å². The van der Waals surface area contributed by atoms with Crippen molar-refractivity contribution in [1.29, 1.82) is 0 Å². The van der Waals surface area contributed by atoms with E-state index in [-0.39, 0.29) is 29.0 Å². The molecule has 1 amide bonds. The number of rotatable bonds is 6. The van der Waals surface area contributed by atoms with Gasteiger partial charge in [-0.2, -0.15) is 0 Å². The van der Waals surface area contributed by atoms with Gasteiger partial charge in [0.15, 0.2) is 0 Å². The van der Waals surface area contributed by atoms with E-state index in [9.17, 15) is 15.0 Å². The Balaban J connectivity index is 2.73. The first kappa shape index (κ1) is 14.3. The molecule has 1 unspecified atom stereocenters. The molecule has 0 aromatic heterocycles. The number of benzene rings is 1. The lowest BCUT2D eigenvalue weighted by atomic mass is 10.1. The molecular formula is C13H19NO4. The molecule has 100 valence electrons. The second kappa shape index (κ2) is 6.86. The van der Waals surface area contributed by atoms with Crippen LogP contribution < -0.4 is 5.32 Å². The smallest absolute Gasteiger partial charge is 0.251 e. The largest absolute Gasteiger partial charge is 0.508 e. The van der Waals surface area contributed by atoms with E-state index in [1.807, 2.05) is 6.92 Å². The van der Waals surface area contributed by atoms with Gasteiger partial charge in [0.2, 0.25) is 0 Å². The quantitative estimate of drug-likeness (QED) is 0.720. The molecule has 0 aliphatic carbocycles. The number of hydrogen-bond donors (Lipinski definition) is 3. The van der Waals surface area contributed by atoms with Crippen molar-refractivity contribution in [3.63, 3.8) is 0 Å². The van der Waals surface area contributed by atoms with Gasteiger partial charge in [0, 0.05) is 18.7 Å². The topological polar surface area (TPSA) is 78.8 Å². The highest BCUT2D eigenvalue weighted by atomic mass is 16.5. The Kier molecular flexibility index (Phi) is 5.45. The first-order chi connectivity index (χ1) is 8.56. The van der Waals surface area contributed by atoms with Crippen molar-refractivity contribution in [2.75, 3.05) is 13.7 Å². The van der Waals surface area contributed by atoms with Crippen LogP contribution in [0.25, 0.3) is 0 Å². The lowest BCUT2D eigenvalue weighted by molar-refractivity contribution is 0.0891. The normalized spacial score (nSPS) is 12.1. The summed E-state index contributed by atoms with van der Waals surface area (Å²) in [5.74, 6) is -0.616. The summed E-state index contributed by atoms with van der Waals surface area (Å²) in [7, 11) is 1.58. The number of hydrogen-bond acceptors (Lipinski definition) is 4. The van der Waals surface area contributed by atoms with Gasteiger partial charge in [-0.15, -0.1) is 0 Å². The lowest BCUT2D eigenvalue weighted by Gasteiger charge is -2.17. The highest BCUT2D eigenvalue weighted by molar-refractivity contribution is 5.95. The van der Waals surface area contributed by atoms with E-state index in [2.05, 4.69) is 5.32 Å². The lowest BCUT2D eigenvalue weighted by Crippen LogP contribution is -2.37. The number of carbonyl (C=O) groups is 1. The Bertz CT molecular complexity index is 380. The van der Waals surface area contributed by atoms with E-state index in [1.165, 1.54) is 18.2 Å². The predicted octanol–water partition coefficient (Wildman–Crippen LogP) is 1.64. The van der Waals surface area contributed by atoms with E-state index in [1.54, 1.807) is 7.11 Å². The summed E-state index contributed by atoms with van der Waals surface area (Å²) >= 11 is 0. The minimum atomic E-state index is -0.336. The summed E-state index contributed by atoms with van der Waals surface area (Å²) in [5.41, 5.74) is 0.227. The van der Waals surface area contributed by atoms with Crippen molar-refractivity contribution in [2.24, 2.45) is 0 Å². The van der Waals surface area contributed by atoms with E-state index in [4.69, 9.17) is 4.74 Å². The van der Waals surface area contributed by atoms with Gasteiger partial charge in [0.25, 0.3) is 5.91 Å². The maximum Gasteiger partial charge on any atom is 0.251 e. The second-order valence-electron chi connectivity index (χ2n) is 4.15. The minimum absolute atomic E-state index is 0.0722. The molecule has 1 aromatic carbocycles. The SMILES string of the molecule is CCCC(COC)NC(=O)c1cc(O)cc(O)c1. The zero-order valence-corrected chi connectivity index (χ0v) is 10.6. The minimum Gasteiger partial charge on any atom is -0.508 e. The number of ether oxygens (including phenoxy) is 1. The van der Waals surface area contributed by atoms with Crippen LogP contribution in [0.1, 0.15) is 30.1 Å². The average molecular weight is 253 g/mol. The monoisotopic (exact) mass is 253 g/mol. The molecule has 0 aliphatic rings. The van der Waals surface area contributed by atoms with E-state index in [0.717, 1.165) is 12.8 Å². The average Bonchev–Trinajstić information content (AvgIpc) is 2.28. The summed E-state index contributed by atoms with van der Waals surface area (Å²) in [4.78, 5) is 11.9. The van der Waals surface area contributed by atoms with Gasteiger partial charge in [0.05, 0.1) is 12.6 Å². The molecule has 1 atom stereocenters. The van der Waals surface area contributed by atoms with Crippen LogP contribution in [0.5, 0.6) is 11.5 Å². The van der Waals surface area contributed by atoms with Crippen LogP contribution in [0.15, 0.2) is 18.2 Å². The Morgan fingerprint density at radius 2 is 1.94 bits per heavy atom. The molecule has 0 heterocycles. The molecule has 5 nitrogen and oxygen atoms in total. The number of phenolic OH excluding ortho intramolecular Hbond substituents is 2. The van der Waals surface area contributed by atoms with Crippen molar-refractivity contribution < 1.29 is 19.7 Å². The molecule has 0 radical (unpaired) electrons. The third kappa shape index (κ3) is 4.25. The van der Waals surface area contributed by atoms with Crippen LogP contribution in [0.3, 0.4) is 0 Å². The number of amides is 1. The molecule has 1 rings (SSSR count). The third-order valence-electron chi connectivity index (χ3n) is 2.50. The highest BCUT2D eigenvalue weighted by Gasteiger charge is 2.14. The van der Waals surface area contributed by atoms with E-state index in [0.29, 0.717) is 6.61 Å². The van der Waals surface area contributed by atoms with Crippen LogP contribution in [0.2, 0.25) is 0 Å². The number of aromatic hydroxyl groups is 2. The second-order valence-corrected chi connectivity index (χ2v) is 4.15. The van der Waals surface area contributed by atoms with Crippen molar-refractivity contribution in [3.05, 3.63) is 23.8 Å². The maximum absolute atomic E-state index is 11.9. The predicted molar refractivity (Wildman–Crippen MR) is 67.8 cm³/mol. The molecule has 1 aromatic rings. The van der Waals surface area contributed by atoms with Gasteiger partial charge in [-0.1, -0.05) is 13.3 Å². The van der Waals surface area contributed by atoms with Crippen LogP contribution in [-0.2, 0) is 4.74 Å². The van der Waals surface area contributed by atoms with Gasteiger partial charge in [-0.3, -0.25) is 4.79 Å². The molecule has 0 saturated carbocycles. The molecule has 0 aliphatic heterocycles. The van der Waals surface area contributed by atoms with Crippen molar-refractivity contribution in [2.45, 2.75) is 25.8 Å². The number of methoxy groups -OCH3 is 1. The summed E-state index contributed by atoms with van der Waals surface area (Å²) < 4.78 is 5.03. The maximum atomic E-state index is 11.9. The first-order valence-corrected chi connectivity index (χ1v) is 5.89. The van der Waals surface area contributed by atoms with Crippen LogP contribution in [0, 0.1) is 0 Å². The van der Waals surface area contributed by atoms with Gasteiger partial charge in [-0.25, -0.2) is 0 Å². The molecule has 5 heteroatoms. The fourth-order valence-electron chi connectivity index (χ4n) is 1.74. The number of nitrogens with one attached hydrogen (secondary N) is 1. The summed E-state index contributed by atoms with van der Waals surface area (Å²) in [6, 6.07) is 3.72. The fourth-order valence-corrected chi connectivity index (χ4v) is 1.74. The first-order valence-electron chi connectivity index (χ1n) is 5.89. The summed E-state index contributed by atoms with van der Waals surface area (Å²) in [6.07, 6.45) is 1.74. The van der Waals surface area contributed by atoms with Crippen molar-refractivity contribution in [3.8, 4) is 11.5 Å². The Labute approximate surface area is 106 Å². The van der Waals surface area contributed by atoms with Gasteiger partial charge in [-0.05, 0) is 18.6 Å². The molecular weight excluding hydrogens is 234 g/mol. The van der Waals surface area contributed by atoms with E-state index < -0.39 is 0 Å². The Hall–Kier alpha value is -1.75. The zero-order valence-electron chi connectivity index (χ0n) is 10.6. The molecule has 0 bridgehead atoms. The summed E-state index contributed by atoms with van der Waals surface area (Å²) in [5, 5.41) is 21.4. The molecule has 0 fully saturated rings. The zero-order chi connectivity index (χ0) is 13.5. The highest BCUT2D eigenvalue weighted by Crippen LogP contribution is 2.20. The standard InChI is InChI=1S/C13H19NO4/c1-3-4-10(8-18-2)14-13(17)9-5-11(15)7-12(16)6-9/h5-7,10,15-16H,3-4,8H2,1-2H3,(H,14,17). The fraction of sp³-hybridized carbons (Fsp3) is 0.462. The third-order valence-corrected chi connectivity index (χ3v) is 2.50. The van der Waals surface area contributed by atoms with Crippen molar-refractivity contribution >= 4 is 5.91 Å². The summed E-state index contributed by atoms with van der Waals surface area (Å²) in [6.45, 7) is 2.46. The Morgan fingerprint density at radius 1 is 1.33 bits per heavy atom. The van der Waals surface area contributed by atoms with Crippen LogP contribution >= 0.6 is 0 Å². The van der Waals surface area contributed by atoms with Gasteiger partial charge < -0.3 is 20.3 Å².